The highest BCUT2D eigenvalue weighted by Crippen LogP contribution is 2.25. The molecule has 2 amide bonds. The molecule has 1 aliphatic heterocycles. The average molecular weight is 313 g/mol. The van der Waals surface area contributed by atoms with Crippen LogP contribution in [0.4, 0.5) is 10.5 Å². The lowest BCUT2D eigenvalue weighted by molar-refractivity contribution is -0.137. The van der Waals surface area contributed by atoms with Crippen molar-refractivity contribution >= 4 is 33.6 Å². The number of amides is 2. The van der Waals surface area contributed by atoms with Crippen LogP contribution in [-0.2, 0) is 4.79 Å². The molecule has 0 spiro atoms. The van der Waals surface area contributed by atoms with Crippen LogP contribution in [0.1, 0.15) is 12.0 Å². The Bertz CT molecular complexity index is 504. The molecule has 6 heteroatoms. The first kappa shape index (κ1) is 12.9. The van der Waals surface area contributed by atoms with E-state index in [9.17, 15) is 9.59 Å². The van der Waals surface area contributed by atoms with Crippen LogP contribution in [0.2, 0.25) is 0 Å². The summed E-state index contributed by atoms with van der Waals surface area (Å²) in [5, 5.41) is 11.4. The molecule has 0 radical (unpaired) electrons. The van der Waals surface area contributed by atoms with E-state index in [0.717, 1.165) is 15.7 Å². The largest absolute Gasteiger partial charge is 0.481 e. The van der Waals surface area contributed by atoms with Gasteiger partial charge in [-0.15, -0.1) is 0 Å². The molecule has 1 atom stereocenters. The minimum absolute atomic E-state index is 0.0578. The number of rotatable bonds is 3. The molecule has 2 N–H and O–H groups in total. The third-order valence-electron chi connectivity index (χ3n) is 2.85. The number of hydrogen-bond acceptors (Lipinski definition) is 2. The number of nitrogens with zero attached hydrogens (tertiary/aromatic N) is 1. The highest BCUT2D eigenvalue weighted by molar-refractivity contribution is 9.10. The zero-order valence-corrected chi connectivity index (χ0v) is 11.4. The number of nitrogens with one attached hydrogen (secondary N) is 1. The molecule has 1 unspecified atom stereocenters. The van der Waals surface area contributed by atoms with E-state index in [4.69, 9.17) is 5.11 Å². The number of carbonyl (C=O) groups excluding carboxylic acids is 1. The Kier molecular flexibility index (Phi) is 3.56. The fourth-order valence-electron chi connectivity index (χ4n) is 1.95. The van der Waals surface area contributed by atoms with Crippen LogP contribution < -0.4 is 10.2 Å². The van der Waals surface area contributed by atoms with E-state index >= 15 is 0 Å². The van der Waals surface area contributed by atoms with Crippen molar-refractivity contribution in [1.82, 2.24) is 5.32 Å². The van der Waals surface area contributed by atoms with Gasteiger partial charge in [0.05, 0.1) is 12.5 Å². The molecule has 0 aliphatic carbocycles. The number of benzene rings is 1. The number of hydrogen-bond donors (Lipinski definition) is 2. The molecular formula is C12H13BrN2O3. The molecule has 1 aliphatic rings. The van der Waals surface area contributed by atoms with Crippen molar-refractivity contribution in [2.75, 3.05) is 11.4 Å². The van der Waals surface area contributed by atoms with Crippen LogP contribution in [-0.4, -0.2) is 29.7 Å². The first-order valence-electron chi connectivity index (χ1n) is 5.53. The Hall–Kier alpha value is -1.56. The summed E-state index contributed by atoms with van der Waals surface area (Å²) in [7, 11) is 0. The highest BCUT2D eigenvalue weighted by atomic mass is 79.9. The number of carboxylic acids is 1. The molecule has 0 aromatic heterocycles. The second kappa shape index (κ2) is 4.97. The molecule has 1 aromatic rings. The van der Waals surface area contributed by atoms with Crippen molar-refractivity contribution in [2.45, 2.75) is 19.4 Å². The molecule has 1 aromatic carbocycles. The van der Waals surface area contributed by atoms with Crippen molar-refractivity contribution < 1.29 is 14.7 Å². The second-order valence-electron chi connectivity index (χ2n) is 4.29. The normalized spacial score (nSPS) is 18.9. The van der Waals surface area contributed by atoms with E-state index in [0.29, 0.717) is 6.54 Å². The number of carboxylic acid groups (broad SMARTS) is 1. The molecule has 0 bridgehead atoms. The van der Waals surface area contributed by atoms with Crippen LogP contribution in [0.25, 0.3) is 0 Å². The standard InChI is InChI=1S/C12H13BrN2O3/c1-7-4-9(2-3-10(7)13)15-6-8(5-11(16)17)14-12(15)18/h2-4,8H,5-6H2,1H3,(H,14,18)(H,16,17). The van der Waals surface area contributed by atoms with Gasteiger partial charge in [-0.2, -0.15) is 0 Å². The Balaban J connectivity index is 2.16. The van der Waals surface area contributed by atoms with E-state index in [2.05, 4.69) is 21.2 Å². The Labute approximate surface area is 113 Å². The molecule has 1 saturated heterocycles. The Morgan fingerprint density at radius 1 is 1.61 bits per heavy atom. The van der Waals surface area contributed by atoms with E-state index in [-0.39, 0.29) is 18.5 Å². The molecule has 2 rings (SSSR count). The third-order valence-corrected chi connectivity index (χ3v) is 3.74. The van der Waals surface area contributed by atoms with E-state index < -0.39 is 5.97 Å². The first-order chi connectivity index (χ1) is 8.47. The minimum Gasteiger partial charge on any atom is -0.481 e. The molecule has 1 heterocycles. The molecular weight excluding hydrogens is 300 g/mol. The third kappa shape index (κ3) is 2.64. The summed E-state index contributed by atoms with van der Waals surface area (Å²) in [6.07, 6.45) is -0.0578. The average Bonchev–Trinajstić information content (AvgIpc) is 2.62. The Morgan fingerprint density at radius 3 is 2.94 bits per heavy atom. The van der Waals surface area contributed by atoms with Crippen molar-refractivity contribution in [1.29, 1.82) is 0 Å². The van der Waals surface area contributed by atoms with Crippen LogP contribution >= 0.6 is 15.9 Å². The summed E-state index contributed by atoms with van der Waals surface area (Å²) in [6.45, 7) is 2.32. The van der Waals surface area contributed by atoms with Gasteiger partial charge in [0.25, 0.3) is 0 Å². The molecule has 0 saturated carbocycles. The summed E-state index contributed by atoms with van der Waals surface area (Å²) in [6, 6.07) is 5.02. The lowest BCUT2D eigenvalue weighted by Crippen LogP contribution is -2.29. The second-order valence-corrected chi connectivity index (χ2v) is 5.14. The van der Waals surface area contributed by atoms with Crippen LogP contribution in [0.3, 0.4) is 0 Å². The maximum absolute atomic E-state index is 11.8. The predicted molar refractivity (Wildman–Crippen MR) is 70.8 cm³/mol. The van der Waals surface area contributed by atoms with Gasteiger partial charge in [-0.25, -0.2) is 4.79 Å². The molecule has 5 nitrogen and oxygen atoms in total. The number of aliphatic carboxylic acids is 1. The Morgan fingerprint density at radius 2 is 2.33 bits per heavy atom. The first-order valence-corrected chi connectivity index (χ1v) is 6.32. The maximum Gasteiger partial charge on any atom is 0.322 e. The van der Waals surface area contributed by atoms with Gasteiger partial charge >= 0.3 is 12.0 Å². The van der Waals surface area contributed by atoms with Gasteiger partial charge in [-0.1, -0.05) is 15.9 Å². The summed E-state index contributed by atoms with van der Waals surface area (Å²) < 4.78 is 0.980. The fraction of sp³-hybridized carbons (Fsp3) is 0.333. The highest BCUT2D eigenvalue weighted by Gasteiger charge is 2.31. The van der Waals surface area contributed by atoms with Crippen LogP contribution in [0.15, 0.2) is 22.7 Å². The summed E-state index contributed by atoms with van der Waals surface area (Å²) in [4.78, 5) is 24.0. The monoisotopic (exact) mass is 312 g/mol. The fourth-order valence-corrected chi connectivity index (χ4v) is 2.19. The van der Waals surface area contributed by atoms with Crippen LogP contribution in [0, 0.1) is 6.92 Å². The van der Waals surface area contributed by atoms with Gasteiger partial charge in [0, 0.05) is 16.7 Å². The topological polar surface area (TPSA) is 69.6 Å². The van der Waals surface area contributed by atoms with Gasteiger partial charge in [-0.3, -0.25) is 9.69 Å². The maximum atomic E-state index is 11.8. The van der Waals surface area contributed by atoms with E-state index in [1.54, 1.807) is 4.90 Å². The molecule has 1 fully saturated rings. The van der Waals surface area contributed by atoms with Crippen LogP contribution in [0.5, 0.6) is 0 Å². The number of carbonyl (C=O) groups is 2. The zero-order chi connectivity index (χ0) is 13.3. The van der Waals surface area contributed by atoms with Gasteiger partial charge in [0.1, 0.15) is 0 Å². The van der Waals surface area contributed by atoms with Gasteiger partial charge in [-0.05, 0) is 30.7 Å². The lowest BCUT2D eigenvalue weighted by atomic mass is 10.2. The van der Waals surface area contributed by atoms with Crippen molar-refractivity contribution in [2.24, 2.45) is 0 Å². The number of halogens is 1. The molecule has 18 heavy (non-hydrogen) atoms. The SMILES string of the molecule is Cc1cc(N2CC(CC(=O)O)NC2=O)ccc1Br. The van der Waals surface area contributed by atoms with Gasteiger partial charge in [0.2, 0.25) is 0 Å². The minimum atomic E-state index is -0.908. The summed E-state index contributed by atoms with van der Waals surface area (Å²) >= 11 is 3.40. The molecule has 96 valence electrons. The van der Waals surface area contributed by atoms with Gasteiger partial charge in [0.15, 0.2) is 0 Å². The predicted octanol–water partition coefficient (Wildman–Crippen LogP) is 2.13. The number of aryl methyl sites for hydroxylation is 1. The zero-order valence-electron chi connectivity index (χ0n) is 9.81. The number of urea groups is 1. The van der Waals surface area contributed by atoms with E-state index in [1.165, 1.54) is 0 Å². The van der Waals surface area contributed by atoms with E-state index in [1.807, 2.05) is 25.1 Å². The smallest absolute Gasteiger partial charge is 0.322 e. The number of anilines is 1. The summed E-state index contributed by atoms with van der Waals surface area (Å²) in [5.74, 6) is -0.908. The quantitative estimate of drug-likeness (QED) is 0.898. The van der Waals surface area contributed by atoms with Gasteiger partial charge < -0.3 is 10.4 Å². The van der Waals surface area contributed by atoms with Crippen molar-refractivity contribution in [3.63, 3.8) is 0 Å². The van der Waals surface area contributed by atoms with Crippen molar-refractivity contribution in [3.05, 3.63) is 28.2 Å². The lowest BCUT2D eigenvalue weighted by Gasteiger charge is -2.15. The van der Waals surface area contributed by atoms with Crippen molar-refractivity contribution in [3.8, 4) is 0 Å². The summed E-state index contributed by atoms with van der Waals surface area (Å²) in [5.41, 5.74) is 1.81.